The van der Waals surface area contributed by atoms with E-state index in [0.29, 0.717) is 11.2 Å². The second-order valence-corrected chi connectivity index (χ2v) is 4.55. The average Bonchev–Trinajstić information content (AvgIpc) is 2.84. The van der Waals surface area contributed by atoms with Crippen LogP contribution in [-0.2, 0) is 11.8 Å². The number of nitrogens with zero attached hydrogens (tertiary/aromatic N) is 3. The first-order valence-electron chi connectivity index (χ1n) is 6.27. The lowest BCUT2D eigenvalue weighted by atomic mass is 10.1. The molecule has 21 heavy (non-hydrogen) atoms. The van der Waals surface area contributed by atoms with Crippen LogP contribution in [0.1, 0.15) is 10.5 Å². The lowest BCUT2D eigenvalue weighted by Gasteiger charge is -2.03. The molecule has 2 aromatic heterocycles. The molecule has 3 aromatic rings. The summed E-state index contributed by atoms with van der Waals surface area (Å²) in [6.45, 7) is 0. The number of benzene rings is 1. The second kappa shape index (κ2) is 4.97. The molecule has 0 saturated carbocycles. The van der Waals surface area contributed by atoms with E-state index in [1.54, 1.807) is 12.1 Å². The molecule has 0 aliphatic rings. The topological polar surface area (TPSA) is 57.0 Å². The molecule has 2 heterocycles. The molecule has 0 aliphatic heterocycles. The van der Waals surface area contributed by atoms with E-state index in [1.165, 1.54) is 25.4 Å². The normalized spacial score (nSPS) is 10.8. The third kappa shape index (κ3) is 2.24. The molecule has 3 rings (SSSR count). The Hall–Kier alpha value is -2.76. The van der Waals surface area contributed by atoms with Gasteiger partial charge in [0.25, 0.3) is 0 Å². The quantitative estimate of drug-likeness (QED) is 0.679. The van der Waals surface area contributed by atoms with Gasteiger partial charge in [0.15, 0.2) is 11.3 Å². The van der Waals surface area contributed by atoms with Crippen LogP contribution < -0.4 is 0 Å². The molecule has 0 N–H and O–H groups in total. The Kier molecular flexibility index (Phi) is 3.13. The first-order valence-corrected chi connectivity index (χ1v) is 6.27. The lowest BCUT2D eigenvalue weighted by molar-refractivity contribution is 0.0594. The van der Waals surface area contributed by atoms with Crippen LogP contribution in [0.25, 0.3) is 22.4 Å². The van der Waals surface area contributed by atoms with Crippen LogP contribution in [-0.4, -0.2) is 27.6 Å². The maximum absolute atomic E-state index is 13.0. The lowest BCUT2D eigenvalue weighted by Crippen LogP contribution is -2.05. The van der Waals surface area contributed by atoms with Gasteiger partial charge < -0.3 is 9.30 Å². The van der Waals surface area contributed by atoms with Crippen LogP contribution in [0.4, 0.5) is 4.39 Å². The van der Waals surface area contributed by atoms with Crippen LogP contribution in [0, 0.1) is 5.82 Å². The summed E-state index contributed by atoms with van der Waals surface area (Å²) in [6.07, 6.45) is 1.38. The number of hydrogen-bond donors (Lipinski definition) is 0. The zero-order chi connectivity index (χ0) is 15.0. The molecule has 0 aliphatic carbocycles. The smallest absolute Gasteiger partial charge is 0.358 e. The minimum absolute atomic E-state index is 0.154. The van der Waals surface area contributed by atoms with E-state index < -0.39 is 5.97 Å². The highest BCUT2D eigenvalue weighted by Gasteiger charge is 2.14. The number of esters is 1. The SMILES string of the molecule is COC(=O)c1cnc2c(cc(-c3ccc(F)cc3)n2C)n1. The van der Waals surface area contributed by atoms with E-state index in [1.807, 2.05) is 17.7 Å². The average molecular weight is 285 g/mol. The van der Waals surface area contributed by atoms with Gasteiger partial charge in [0.1, 0.15) is 11.3 Å². The van der Waals surface area contributed by atoms with E-state index in [0.717, 1.165) is 11.3 Å². The van der Waals surface area contributed by atoms with Gasteiger partial charge >= 0.3 is 5.97 Å². The Morgan fingerprint density at radius 3 is 2.67 bits per heavy atom. The molecule has 6 heteroatoms. The Morgan fingerprint density at radius 1 is 1.29 bits per heavy atom. The number of ether oxygens (including phenoxy) is 1. The molecule has 0 amide bonds. The highest BCUT2D eigenvalue weighted by molar-refractivity contribution is 5.90. The number of aryl methyl sites for hydroxylation is 1. The van der Waals surface area contributed by atoms with Gasteiger partial charge in [-0.2, -0.15) is 0 Å². The molecule has 106 valence electrons. The second-order valence-electron chi connectivity index (χ2n) is 4.55. The fourth-order valence-electron chi connectivity index (χ4n) is 2.19. The molecule has 0 unspecified atom stereocenters. The monoisotopic (exact) mass is 285 g/mol. The van der Waals surface area contributed by atoms with Crippen molar-refractivity contribution in [1.82, 2.24) is 14.5 Å². The van der Waals surface area contributed by atoms with Crippen molar-refractivity contribution in [3.63, 3.8) is 0 Å². The number of hydrogen-bond acceptors (Lipinski definition) is 4. The highest BCUT2D eigenvalue weighted by Crippen LogP contribution is 2.25. The number of carbonyl (C=O) groups excluding carboxylic acids is 1. The molecular weight excluding hydrogens is 273 g/mol. The number of carbonyl (C=O) groups is 1. The Labute approximate surface area is 120 Å². The van der Waals surface area contributed by atoms with Gasteiger partial charge in [-0.3, -0.25) is 0 Å². The molecule has 1 aromatic carbocycles. The van der Waals surface area contributed by atoms with Gasteiger partial charge in [0.05, 0.1) is 19.0 Å². The maximum atomic E-state index is 13.0. The molecule has 0 bridgehead atoms. The Balaban J connectivity index is 2.14. The summed E-state index contributed by atoms with van der Waals surface area (Å²) >= 11 is 0. The number of methoxy groups -OCH3 is 1. The fraction of sp³-hybridized carbons (Fsp3) is 0.133. The maximum Gasteiger partial charge on any atom is 0.358 e. The van der Waals surface area contributed by atoms with Gasteiger partial charge in [-0.05, 0) is 35.9 Å². The van der Waals surface area contributed by atoms with Crippen molar-refractivity contribution in [3.8, 4) is 11.3 Å². The number of aromatic nitrogens is 3. The van der Waals surface area contributed by atoms with Crippen LogP contribution in [0.5, 0.6) is 0 Å². The zero-order valence-electron chi connectivity index (χ0n) is 11.5. The van der Waals surface area contributed by atoms with Gasteiger partial charge in [-0.15, -0.1) is 0 Å². The molecule has 5 nitrogen and oxygen atoms in total. The molecule has 0 saturated heterocycles. The van der Waals surface area contributed by atoms with Crippen molar-refractivity contribution in [2.75, 3.05) is 7.11 Å². The van der Waals surface area contributed by atoms with Crippen molar-refractivity contribution >= 4 is 17.1 Å². The van der Waals surface area contributed by atoms with Crippen molar-refractivity contribution in [1.29, 1.82) is 0 Å². The van der Waals surface area contributed by atoms with Gasteiger partial charge in [-0.1, -0.05) is 0 Å². The van der Waals surface area contributed by atoms with Crippen LogP contribution in [0.3, 0.4) is 0 Å². The summed E-state index contributed by atoms with van der Waals surface area (Å²) in [7, 11) is 3.14. The fourth-order valence-corrected chi connectivity index (χ4v) is 2.19. The standard InChI is InChI=1S/C15H12FN3O2/c1-19-13(9-3-5-10(16)6-4-9)7-11-14(19)17-8-12(18-11)15(20)21-2/h3-8H,1-2H3. The number of halogens is 1. The molecule has 0 fully saturated rings. The van der Waals surface area contributed by atoms with Crippen LogP contribution in [0.2, 0.25) is 0 Å². The van der Waals surface area contributed by atoms with Crippen molar-refractivity contribution in [2.45, 2.75) is 0 Å². The summed E-state index contributed by atoms with van der Waals surface area (Å²) in [4.78, 5) is 20.0. The summed E-state index contributed by atoms with van der Waals surface area (Å²) < 4.78 is 19.5. The highest BCUT2D eigenvalue weighted by atomic mass is 19.1. The number of rotatable bonds is 2. The van der Waals surface area contributed by atoms with Gasteiger partial charge in [0.2, 0.25) is 0 Å². The first kappa shape index (κ1) is 13.2. The van der Waals surface area contributed by atoms with Crippen molar-refractivity contribution < 1.29 is 13.9 Å². The van der Waals surface area contributed by atoms with Gasteiger partial charge in [0, 0.05) is 7.05 Å². The van der Waals surface area contributed by atoms with Crippen molar-refractivity contribution in [3.05, 3.63) is 48.0 Å². The Morgan fingerprint density at radius 2 is 2.00 bits per heavy atom. The minimum Gasteiger partial charge on any atom is -0.464 e. The molecule has 0 atom stereocenters. The summed E-state index contributed by atoms with van der Waals surface area (Å²) in [5.74, 6) is -0.821. The van der Waals surface area contributed by atoms with Crippen molar-refractivity contribution in [2.24, 2.45) is 7.05 Å². The predicted octanol–water partition coefficient (Wildman–Crippen LogP) is 2.56. The summed E-state index contributed by atoms with van der Waals surface area (Å²) in [5, 5.41) is 0. The third-order valence-electron chi connectivity index (χ3n) is 3.27. The molecule has 0 radical (unpaired) electrons. The van der Waals surface area contributed by atoms with E-state index in [-0.39, 0.29) is 11.5 Å². The van der Waals surface area contributed by atoms with Crippen LogP contribution in [0.15, 0.2) is 36.5 Å². The van der Waals surface area contributed by atoms with Crippen LogP contribution >= 0.6 is 0 Å². The third-order valence-corrected chi connectivity index (χ3v) is 3.27. The molecular formula is C15H12FN3O2. The minimum atomic E-state index is -0.531. The predicted molar refractivity (Wildman–Crippen MR) is 75.2 cm³/mol. The van der Waals surface area contributed by atoms with E-state index >= 15 is 0 Å². The summed E-state index contributed by atoms with van der Waals surface area (Å²) in [5.41, 5.74) is 3.06. The Bertz CT molecular complexity index is 825. The number of fused-ring (bicyclic) bond motifs is 1. The first-order chi connectivity index (χ1) is 10.1. The zero-order valence-corrected chi connectivity index (χ0v) is 11.5. The van der Waals surface area contributed by atoms with Gasteiger partial charge in [-0.25, -0.2) is 19.2 Å². The van der Waals surface area contributed by atoms with E-state index in [9.17, 15) is 9.18 Å². The summed E-state index contributed by atoms with van der Waals surface area (Å²) in [6, 6.07) is 7.97. The largest absolute Gasteiger partial charge is 0.464 e. The van der Waals surface area contributed by atoms with E-state index in [4.69, 9.17) is 0 Å². The molecule has 0 spiro atoms. The van der Waals surface area contributed by atoms with E-state index in [2.05, 4.69) is 14.7 Å².